The normalized spacial score (nSPS) is 10.4. The highest BCUT2D eigenvalue weighted by Crippen LogP contribution is 2.14. The number of hydrogen-bond acceptors (Lipinski definition) is 2. The highest BCUT2D eigenvalue weighted by molar-refractivity contribution is 6.18. The molecule has 0 fully saturated rings. The minimum Gasteiger partial charge on any atom is -0.469 e. The molecule has 1 rings (SSSR count). The van der Waals surface area contributed by atoms with E-state index in [1.54, 1.807) is 17.2 Å². The third kappa shape index (κ3) is 3.01. The summed E-state index contributed by atoms with van der Waals surface area (Å²) in [6, 6.07) is 1.73. The molecule has 1 aromatic rings. The van der Waals surface area contributed by atoms with Gasteiger partial charge in [-0.05, 0) is 12.5 Å². The van der Waals surface area contributed by atoms with Gasteiger partial charge in [0.25, 0.3) is 5.91 Å². The molecular formula is C12H18ClNO2. The molecule has 0 radical (unpaired) electrons. The van der Waals surface area contributed by atoms with Crippen LogP contribution >= 0.6 is 11.6 Å². The fraction of sp³-hybridized carbons (Fsp3) is 0.583. The number of nitrogens with zero attached hydrogens (tertiary/aromatic N) is 1. The zero-order valence-electron chi connectivity index (χ0n) is 9.83. The van der Waals surface area contributed by atoms with Crippen LogP contribution < -0.4 is 0 Å². The molecule has 16 heavy (non-hydrogen) atoms. The molecule has 0 aliphatic rings. The summed E-state index contributed by atoms with van der Waals surface area (Å²) in [6.07, 6.45) is 3.23. The van der Waals surface area contributed by atoms with Crippen LogP contribution in [0.5, 0.6) is 0 Å². The monoisotopic (exact) mass is 243 g/mol. The Kier molecular flexibility index (Phi) is 5.39. The van der Waals surface area contributed by atoms with E-state index in [1.807, 2.05) is 13.8 Å². The summed E-state index contributed by atoms with van der Waals surface area (Å²) in [4.78, 5) is 13.9. The number of furan rings is 1. The first-order valence-electron chi connectivity index (χ1n) is 5.66. The number of carbonyl (C=O) groups is 1. The number of amides is 1. The molecule has 0 atom stereocenters. The lowest BCUT2D eigenvalue weighted by molar-refractivity contribution is 0.0763. The first kappa shape index (κ1) is 13.1. The van der Waals surface area contributed by atoms with Crippen LogP contribution in [0.1, 0.15) is 36.4 Å². The van der Waals surface area contributed by atoms with E-state index in [0.29, 0.717) is 18.0 Å². The van der Waals surface area contributed by atoms with Crippen LogP contribution in [0.2, 0.25) is 0 Å². The second-order valence-corrected chi connectivity index (χ2v) is 3.97. The number of alkyl halides is 1. The number of hydrogen-bond donors (Lipinski definition) is 0. The Morgan fingerprint density at radius 2 is 2.19 bits per heavy atom. The maximum Gasteiger partial charge on any atom is 0.257 e. The first-order chi connectivity index (χ1) is 7.74. The van der Waals surface area contributed by atoms with E-state index < -0.39 is 0 Å². The fourth-order valence-electron chi connectivity index (χ4n) is 1.66. The minimum absolute atomic E-state index is 0.0214. The summed E-state index contributed by atoms with van der Waals surface area (Å²) >= 11 is 5.69. The van der Waals surface area contributed by atoms with Crippen molar-refractivity contribution in [1.29, 1.82) is 0 Å². The molecule has 0 spiro atoms. The van der Waals surface area contributed by atoms with Gasteiger partial charge >= 0.3 is 0 Å². The first-order valence-corrected chi connectivity index (χ1v) is 6.19. The molecule has 1 aromatic heterocycles. The lowest BCUT2D eigenvalue weighted by Gasteiger charge is -2.20. The minimum atomic E-state index is 0.0214. The van der Waals surface area contributed by atoms with Crippen molar-refractivity contribution in [3.63, 3.8) is 0 Å². The summed E-state index contributed by atoms with van der Waals surface area (Å²) in [6.45, 7) is 5.34. The smallest absolute Gasteiger partial charge is 0.257 e. The van der Waals surface area contributed by atoms with Gasteiger partial charge in [-0.3, -0.25) is 4.79 Å². The summed E-state index contributed by atoms with van der Waals surface area (Å²) in [7, 11) is 0. The van der Waals surface area contributed by atoms with Gasteiger partial charge < -0.3 is 9.32 Å². The predicted molar refractivity (Wildman–Crippen MR) is 65.0 cm³/mol. The van der Waals surface area contributed by atoms with Gasteiger partial charge in [-0.15, -0.1) is 11.6 Å². The lowest BCUT2D eigenvalue weighted by atomic mass is 10.2. The molecule has 0 saturated carbocycles. The molecule has 0 aliphatic heterocycles. The molecule has 0 aliphatic carbocycles. The van der Waals surface area contributed by atoms with Crippen LogP contribution in [0.15, 0.2) is 16.7 Å². The maximum absolute atomic E-state index is 12.2. The van der Waals surface area contributed by atoms with Crippen molar-refractivity contribution in [1.82, 2.24) is 4.90 Å². The lowest BCUT2D eigenvalue weighted by Crippen LogP contribution is -2.33. The molecule has 0 aromatic carbocycles. The number of aryl methyl sites for hydroxylation is 1. The van der Waals surface area contributed by atoms with E-state index in [1.165, 1.54) is 0 Å². The Morgan fingerprint density at radius 3 is 2.75 bits per heavy atom. The SMILES string of the molecule is CCCN(CCCl)C(=O)c1ccoc1CC. The average molecular weight is 244 g/mol. The Labute approximate surface area is 101 Å². The zero-order chi connectivity index (χ0) is 12.0. The van der Waals surface area contributed by atoms with E-state index in [-0.39, 0.29) is 5.91 Å². The average Bonchev–Trinajstić information content (AvgIpc) is 2.75. The Bertz CT molecular complexity index is 330. The van der Waals surface area contributed by atoms with Gasteiger partial charge in [0.2, 0.25) is 0 Å². The van der Waals surface area contributed by atoms with E-state index in [2.05, 4.69) is 0 Å². The molecule has 0 unspecified atom stereocenters. The van der Waals surface area contributed by atoms with Gasteiger partial charge in [0.1, 0.15) is 5.76 Å². The molecule has 90 valence electrons. The van der Waals surface area contributed by atoms with Crippen molar-refractivity contribution < 1.29 is 9.21 Å². The molecule has 0 N–H and O–H groups in total. The molecule has 0 saturated heterocycles. The van der Waals surface area contributed by atoms with Gasteiger partial charge in [-0.1, -0.05) is 13.8 Å². The summed E-state index contributed by atoms with van der Waals surface area (Å²) in [5, 5.41) is 0. The summed E-state index contributed by atoms with van der Waals surface area (Å²) in [5.74, 6) is 1.24. The van der Waals surface area contributed by atoms with Crippen LogP contribution in [-0.4, -0.2) is 29.8 Å². The quantitative estimate of drug-likeness (QED) is 0.720. The number of halogens is 1. The largest absolute Gasteiger partial charge is 0.469 e. The number of carbonyl (C=O) groups excluding carboxylic acids is 1. The maximum atomic E-state index is 12.2. The van der Waals surface area contributed by atoms with Crippen LogP contribution in [0, 0.1) is 0 Å². The third-order valence-electron chi connectivity index (χ3n) is 2.43. The van der Waals surface area contributed by atoms with Crippen molar-refractivity contribution in [2.24, 2.45) is 0 Å². The summed E-state index contributed by atoms with van der Waals surface area (Å²) < 4.78 is 5.26. The van der Waals surface area contributed by atoms with Crippen LogP contribution in [0.4, 0.5) is 0 Å². The molecule has 3 nitrogen and oxygen atoms in total. The van der Waals surface area contributed by atoms with Gasteiger partial charge in [-0.25, -0.2) is 0 Å². The van der Waals surface area contributed by atoms with Crippen molar-refractivity contribution in [2.75, 3.05) is 19.0 Å². The Hall–Kier alpha value is -0.960. The van der Waals surface area contributed by atoms with Crippen molar-refractivity contribution in [3.05, 3.63) is 23.7 Å². The fourth-order valence-corrected chi connectivity index (χ4v) is 1.87. The van der Waals surface area contributed by atoms with Gasteiger partial charge in [0.15, 0.2) is 0 Å². The third-order valence-corrected chi connectivity index (χ3v) is 2.60. The van der Waals surface area contributed by atoms with Crippen LogP contribution in [-0.2, 0) is 6.42 Å². The molecular weight excluding hydrogens is 226 g/mol. The van der Waals surface area contributed by atoms with Crippen molar-refractivity contribution >= 4 is 17.5 Å². The molecule has 0 bridgehead atoms. The summed E-state index contributed by atoms with van der Waals surface area (Å²) in [5.41, 5.74) is 0.668. The molecule has 1 amide bonds. The molecule has 1 heterocycles. The van der Waals surface area contributed by atoms with Crippen molar-refractivity contribution in [2.45, 2.75) is 26.7 Å². The molecule has 4 heteroatoms. The topological polar surface area (TPSA) is 33.5 Å². The second kappa shape index (κ2) is 6.59. The standard InChI is InChI=1S/C12H18ClNO2/c1-3-7-14(8-6-13)12(15)10-5-9-16-11(10)4-2/h5,9H,3-4,6-8H2,1-2H3. The van der Waals surface area contributed by atoms with Gasteiger partial charge in [0.05, 0.1) is 11.8 Å². The number of rotatable bonds is 6. The van der Waals surface area contributed by atoms with Gasteiger partial charge in [-0.2, -0.15) is 0 Å². The van der Waals surface area contributed by atoms with E-state index in [9.17, 15) is 4.79 Å². The van der Waals surface area contributed by atoms with E-state index >= 15 is 0 Å². The highest BCUT2D eigenvalue weighted by Gasteiger charge is 2.19. The Balaban J connectivity index is 2.81. The second-order valence-electron chi connectivity index (χ2n) is 3.59. The van der Waals surface area contributed by atoms with E-state index in [4.69, 9.17) is 16.0 Å². The van der Waals surface area contributed by atoms with Gasteiger partial charge in [0, 0.05) is 25.4 Å². The van der Waals surface area contributed by atoms with Crippen LogP contribution in [0.3, 0.4) is 0 Å². The van der Waals surface area contributed by atoms with Crippen molar-refractivity contribution in [3.8, 4) is 0 Å². The predicted octanol–water partition coefficient (Wildman–Crippen LogP) is 2.93. The zero-order valence-corrected chi connectivity index (χ0v) is 10.6. The Morgan fingerprint density at radius 1 is 1.44 bits per heavy atom. The van der Waals surface area contributed by atoms with E-state index in [0.717, 1.165) is 25.1 Å². The van der Waals surface area contributed by atoms with Crippen LogP contribution in [0.25, 0.3) is 0 Å². The highest BCUT2D eigenvalue weighted by atomic mass is 35.5.